The van der Waals surface area contributed by atoms with Gasteiger partial charge in [0.25, 0.3) is 5.91 Å². The molecule has 1 aromatic rings. The first kappa shape index (κ1) is 17.9. The van der Waals surface area contributed by atoms with Crippen molar-refractivity contribution in [1.29, 1.82) is 0 Å². The lowest BCUT2D eigenvalue weighted by molar-refractivity contribution is -0.148. The minimum absolute atomic E-state index is 0.185. The smallest absolute Gasteiger partial charge is 0.336 e. The van der Waals surface area contributed by atoms with E-state index in [1.165, 1.54) is 9.80 Å². The summed E-state index contributed by atoms with van der Waals surface area (Å²) in [7, 11) is -1.25. The van der Waals surface area contributed by atoms with Gasteiger partial charge in [0.1, 0.15) is 0 Å². The molecule has 2 rings (SSSR count). The topological polar surface area (TPSA) is 40.6 Å². The molecule has 0 aliphatic carbocycles. The third kappa shape index (κ3) is 4.78. The van der Waals surface area contributed by atoms with Crippen LogP contribution >= 0.6 is 0 Å². The number of amides is 1. The average Bonchev–Trinajstić information content (AvgIpc) is 2.52. The second kappa shape index (κ2) is 7.44. The zero-order chi connectivity index (χ0) is 17.0. The molecule has 0 bridgehead atoms. The number of carbonyl (C=O) groups is 1. The van der Waals surface area contributed by atoms with Gasteiger partial charge in [-0.2, -0.15) is 13.2 Å². The van der Waals surface area contributed by atoms with Gasteiger partial charge in [0, 0.05) is 31.9 Å². The van der Waals surface area contributed by atoms with Crippen LogP contribution < -0.4 is 0 Å². The summed E-state index contributed by atoms with van der Waals surface area (Å²) < 4.78 is 49.2. The summed E-state index contributed by atoms with van der Waals surface area (Å²) in [5.41, 5.74) is 0.372. The van der Waals surface area contributed by atoms with Gasteiger partial charge in [0.15, 0.2) is 0 Å². The number of alkyl halides is 3. The van der Waals surface area contributed by atoms with Gasteiger partial charge in [0.2, 0.25) is 0 Å². The highest BCUT2D eigenvalue weighted by Gasteiger charge is 2.33. The van der Waals surface area contributed by atoms with E-state index in [0.29, 0.717) is 16.2 Å². The summed E-state index contributed by atoms with van der Waals surface area (Å²) >= 11 is 0. The molecule has 0 radical (unpaired) electrons. The van der Waals surface area contributed by atoms with E-state index in [-0.39, 0.29) is 32.1 Å². The van der Waals surface area contributed by atoms with E-state index in [1.54, 1.807) is 31.2 Å². The summed E-state index contributed by atoms with van der Waals surface area (Å²) in [6, 6.07) is 6.70. The third-order valence-corrected chi connectivity index (χ3v) is 5.06. The van der Waals surface area contributed by atoms with Gasteiger partial charge < -0.3 is 4.90 Å². The molecule has 23 heavy (non-hydrogen) atoms. The Kier molecular flexibility index (Phi) is 5.80. The van der Waals surface area contributed by atoms with Crippen molar-refractivity contribution >= 4 is 16.7 Å². The normalized spacial score (nSPS) is 18.0. The maximum Gasteiger partial charge on any atom is 0.401 e. The zero-order valence-electron chi connectivity index (χ0n) is 12.8. The minimum Gasteiger partial charge on any atom is -0.336 e. The summed E-state index contributed by atoms with van der Waals surface area (Å²) in [4.78, 5) is 15.9. The maximum absolute atomic E-state index is 12.6. The molecule has 0 aromatic heterocycles. The number of hydrogen-bond donors (Lipinski definition) is 0. The van der Waals surface area contributed by atoms with Crippen LogP contribution in [0.3, 0.4) is 0 Å². The molecule has 128 valence electrons. The van der Waals surface area contributed by atoms with Gasteiger partial charge in [-0.1, -0.05) is 19.1 Å². The summed E-state index contributed by atoms with van der Waals surface area (Å²) in [6.07, 6.45) is -4.23. The Morgan fingerprint density at radius 2 is 1.78 bits per heavy atom. The van der Waals surface area contributed by atoms with Crippen molar-refractivity contribution < 1.29 is 22.2 Å². The fourth-order valence-electron chi connectivity index (χ4n) is 2.53. The van der Waals surface area contributed by atoms with Crippen molar-refractivity contribution in [2.75, 3.05) is 38.5 Å². The lowest BCUT2D eigenvalue weighted by Gasteiger charge is -2.35. The fourth-order valence-corrected chi connectivity index (χ4v) is 3.47. The highest BCUT2D eigenvalue weighted by Crippen LogP contribution is 2.20. The first-order valence-electron chi connectivity index (χ1n) is 7.37. The van der Waals surface area contributed by atoms with Crippen LogP contribution in [0.4, 0.5) is 13.2 Å². The SMILES string of the molecule is CC[S@](=O)c1ccccc1C(=O)N1CCN(CC(F)(F)F)CC1. The predicted molar refractivity (Wildman–Crippen MR) is 81.8 cm³/mol. The standard InChI is InChI=1S/C15H19F3N2O2S/c1-2-23(22)13-6-4-3-5-12(13)14(21)20-9-7-19(8-10-20)11-15(16,17)18/h3-6H,2,7-11H2,1H3/t23-/m0/s1. The van der Waals surface area contributed by atoms with Crippen LogP contribution in [0.2, 0.25) is 0 Å². The second-order valence-electron chi connectivity index (χ2n) is 5.31. The van der Waals surface area contributed by atoms with E-state index in [1.807, 2.05) is 0 Å². The first-order valence-corrected chi connectivity index (χ1v) is 8.69. The molecule has 1 atom stereocenters. The molecule has 4 nitrogen and oxygen atoms in total. The zero-order valence-corrected chi connectivity index (χ0v) is 13.6. The molecule has 0 unspecified atom stereocenters. The van der Waals surface area contributed by atoms with Crippen LogP contribution in [-0.4, -0.2) is 64.6 Å². The Bertz CT molecular complexity index is 584. The van der Waals surface area contributed by atoms with Crippen LogP contribution in [-0.2, 0) is 10.8 Å². The quantitative estimate of drug-likeness (QED) is 0.837. The van der Waals surface area contributed by atoms with E-state index in [4.69, 9.17) is 0 Å². The van der Waals surface area contributed by atoms with E-state index < -0.39 is 23.5 Å². The lowest BCUT2D eigenvalue weighted by atomic mass is 10.2. The van der Waals surface area contributed by atoms with Gasteiger partial charge in [-0.05, 0) is 12.1 Å². The number of carbonyl (C=O) groups excluding carboxylic acids is 1. The monoisotopic (exact) mass is 348 g/mol. The molecule has 1 heterocycles. The Morgan fingerprint density at radius 3 is 2.35 bits per heavy atom. The number of piperazine rings is 1. The summed E-state index contributed by atoms with van der Waals surface area (Å²) in [6.45, 7) is 1.66. The molecule has 1 aliphatic heterocycles. The van der Waals surface area contributed by atoms with Crippen LogP contribution in [0.5, 0.6) is 0 Å². The van der Waals surface area contributed by atoms with E-state index >= 15 is 0 Å². The Morgan fingerprint density at radius 1 is 1.17 bits per heavy atom. The Hall–Kier alpha value is -1.41. The first-order chi connectivity index (χ1) is 10.8. The molecular formula is C15H19F3N2O2S. The van der Waals surface area contributed by atoms with Crippen LogP contribution in [0.25, 0.3) is 0 Å². The highest BCUT2D eigenvalue weighted by molar-refractivity contribution is 7.85. The van der Waals surface area contributed by atoms with Crippen molar-refractivity contribution in [2.45, 2.75) is 18.0 Å². The molecule has 0 N–H and O–H groups in total. The van der Waals surface area contributed by atoms with Crippen LogP contribution in [0, 0.1) is 0 Å². The number of hydrogen-bond acceptors (Lipinski definition) is 3. The molecule has 1 aromatic carbocycles. The van der Waals surface area contributed by atoms with E-state index in [0.717, 1.165) is 0 Å². The molecule has 1 aliphatic rings. The van der Waals surface area contributed by atoms with E-state index in [2.05, 4.69) is 0 Å². The molecule has 0 spiro atoms. The summed E-state index contributed by atoms with van der Waals surface area (Å²) in [5, 5.41) is 0. The average molecular weight is 348 g/mol. The molecular weight excluding hydrogens is 329 g/mol. The van der Waals surface area contributed by atoms with Crippen molar-refractivity contribution in [3.8, 4) is 0 Å². The van der Waals surface area contributed by atoms with E-state index in [9.17, 15) is 22.2 Å². The Labute approximate surface area is 135 Å². The maximum atomic E-state index is 12.6. The van der Waals surface area contributed by atoms with Crippen molar-refractivity contribution in [2.24, 2.45) is 0 Å². The van der Waals surface area contributed by atoms with Gasteiger partial charge in [-0.3, -0.25) is 13.9 Å². The number of halogens is 3. The van der Waals surface area contributed by atoms with Crippen LogP contribution in [0.15, 0.2) is 29.2 Å². The van der Waals surface area contributed by atoms with Crippen molar-refractivity contribution in [1.82, 2.24) is 9.80 Å². The molecule has 1 fully saturated rings. The third-order valence-electron chi connectivity index (χ3n) is 3.69. The molecule has 0 saturated carbocycles. The van der Waals surface area contributed by atoms with Crippen molar-refractivity contribution in [3.05, 3.63) is 29.8 Å². The number of benzene rings is 1. The summed E-state index contributed by atoms with van der Waals surface area (Å²) in [5.74, 6) is 0.137. The molecule has 8 heteroatoms. The van der Waals surface area contributed by atoms with Gasteiger partial charge in [-0.15, -0.1) is 0 Å². The predicted octanol–water partition coefficient (Wildman–Crippen LogP) is 2.13. The fraction of sp³-hybridized carbons (Fsp3) is 0.533. The van der Waals surface area contributed by atoms with Gasteiger partial charge in [0.05, 0.1) is 27.8 Å². The second-order valence-corrected chi connectivity index (χ2v) is 7.02. The lowest BCUT2D eigenvalue weighted by Crippen LogP contribution is -2.51. The van der Waals surface area contributed by atoms with Gasteiger partial charge >= 0.3 is 6.18 Å². The Balaban J connectivity index is 2.05. The minimum atomic E-state index is -4.23. The molecule has 1 amide bonds. The number of nitrogens with zero attached hydrogens (tertiary/aromatic N) is 2. The van der Waals surface area contributed by atoms with Gasteiger partial charge in [-0.25, -0.2) is 0 Å². The molecule has 1 saturated heterocycles. The highest BCUT2D eigenvalue weighted by atomic mass is 32.2. The largest absolute Gasteiger partial charge is 0.401 e. The number of rotatable bonds is 4. The van der Waals surface area contributed by atoms with Crippen molar-refractivity contribution in [3.63, 3.8) is 0 Å². The van der Waals surface area contributed by atoms with Crippen LogP contribution in [0.1, 0.15) is 17.3 Å².